The van der Waals surface area contributed by atoms with Crippen molar-refractivity contribution >= 4 is 37.3 Å². The summed E-state index contributed by atoms with van der Waals surface area (Å²) >= 11 is 0. The summed E-state index contributed by atoms with van der Waals surface area (Å²) in [7, 11) is -1.77. The van der Waals surface area contributed by atoms with E-state index in [1.54, 1.807) is 24.4 Å². The van der Waals surface area contributed by atoms with Crippen molar-refractivity contribution in [3.05, 3.63) is 71.9 Å². The molecule has 3 rings (SSSR count). The minimum atomic E-state index is -1.77. The second-order valence-corrected chi connectivity index (χ2v) is 14.8. The molecule has 0 radical (unpaired) electrons. The second-order valence-electron chi connectivity index (χ2n) is 10.00. The summed E-state index contributed by atoms with van der Waals surface area (Å²) in [6, 6.07) is 10.8. The number of nitrogens with zero attached hydrogens (tertiary/aromatic N) is 3. The molecule has 10 heteroatoms. The van der Waals surface area contributed by atoms with Gasteiger partial charge in [0.25, 0.3) is 11.8 Å². The lowest BCUT2D eigenvalue weighted by atomic mass is 10.2. The molecule has 0 atom stereocenters. The van der Waals surface area contributed by atoms with E-state index in [1.165, 1.54) is 12.4 Å². The van der Waals surface area contributed by atoms with Gasteiger partial charge in [-0.25, -0.2) is 15.0 Å². The molecule has 0 saturated carbocycles. The molecule has 0 fully saturated rings. The van der Waals surface area contributed by atoms with Gasteiger partial charge in [0.1, 0.15) is 5.82 Å². The minimum absolute atomic E-state index is 0.0768. The number of aryl methyl sites for hydroxylation is 1. The molecule has 0 aliphatic heterocycles. The molecule has 3 aromatic rings. The van der Waals surface area contributed by atoms with Crippen molar-refractivity contribution in [2.45, 2.75) is 45.8 Å². The van der Waals surface area contributed by atoms with Crippen LogP contribution < -0.4 is 16.0 Å². The third-order valence-electron chi connectivity index (χ3n) is 6.12. The van der Waals surface area contributed by atoms with Crippen LogP contribution in [-0.4, -0.2) is 48.2 Å². The number of benzene rings is 1. The number of anilines is 3. The van der Waals surface area contributed by atoms with Crippen LogP contribution in [0.5, 0.6) is 0 Å². The maximum absolute atomic E-state index is 12.9. The van der Waals surface area contributed by atoms with Crippen LogP contribution in [0.25, 0.3) is 0 Å². The largest absolute Gasteiger partial charge is 0.415 e. The average Bonchev–Trinajstić information content (AvgIpc) is 2.83. The first-order valence-electron chi connectivity index (χ1n) is 11.8. The maximum Gasteiger partial charge on any atom is 0.277 e. The Hall–Kier alpha value is -3.63. The standard InChI is InChI=1S/C26H34N6O3Si/c1-18-7-12-21(30-17-18)32-25(34)23-22(28-13-14-29-23)24(33)31-20-10-8-19(9-11-20)27-15-16-35-36(5,6)26(2,3)4/h7-14,17,27H,15-16H2,1-6H3,(H,31,33)(H,30,32,34). The van der Waals surface area contributed by atoms with Crippen LogP contribution in [0.2, 0.25) is 18.1 Å². The van der Waals surface area contributed by atoms with Gasteiger partial charge in [-0.1, -0.05) is 26.8 Å². The molecule has 0 unspecified atom stereocenters. The van der Waals surface area contributed by atoms with Gasteiger partial charge in [0.05, 0.1) is 6.61 Å². The lowest BCUT2D eigenvalue weighted by molar-refractivity contribution is 0.0982. The summed E-state index contributed by atoms with van der Waals surface area (Å²) in [4.78, 5) is 37.9. The summed E-state index contributed by atoms with van der Waals surface area (Å²) in [5.74, 6) is -0.738. The fraction of sp³-hybridized carbons (Fsp3) is 0.346. The van der Waals surface area contributed by atoms with Crippen LogP contribution in [0.4, 0.5) is 17.2 Å². The Morgan fingerprint density at radius 2 is 1.44 bits per heavy atom. The Labute approximate surface area is 213 Å². The summed E-state index contributed by atoms with van der Waals surface area (Å²) in [5.41, 5.74) is 2.29. The Morgan fingerprint density at radius 1 is 0.861 bits per heavy atom. The van der Waals surface area contributed by atoms with E-state index in [2.05, 4.69) is 64.8 Å². The molecule has 2 heterocycles. The van der Waals surface area contributed by atoms with Crippen LogP contribution in [0, 0.1) is 6.92 Å². The molecule has 1 aromatic carbocycles. The van der Waals surface area contributed by atoms with E-state index in [0.29, 0.717) is 24.7 Å². The Bertz CT molecular complexity index is 1190. The Kier molecular flexibility index (Phi) is 8.54. The highest BCUT2D eigenvalue weighted by atomic mass is 28.4. The summed E-state index contributed by atoms with van der Waals surface area (Å²) in [6.45, 7) is 14.3. The molecular weight excluding hydrogens is 472 g/mol. The van der Waals surface area contributed by atoms with Gasteiger partial charge in [-0.2, -0.15) is 0 Å². The first kappa shape index (κ1) is 27.0. The first-order valence-corrected chi connectivity index (χ1v) is 14.7. The van der Waals surface area contributed by atoms with E-state index in [0.717, 1.165) is 11.3 Å². The highest BCUT2D eigenvalue weighted by molar-refractivity contribution is 6.74. The smallest absolute Gasteiger partial charge is 0.277 e. The zero-order valence-corrected chi connectivity index (χ0v) is 22.7. The topological polar surface area (TPSA) is 118 Å². The van der Waals surface area contributed by atoms with Gasteiger partial charge in [-0.05, 0) is 61.0 Å². The maximum atomic E-state index is 12.9. The number of aromatic nitrogens is 3. The fourth-order valence-corrected chi connectivity index (χ4v) is 4.01. The predicted octanol–water partition coefficient (Wildman–Crippen LogP) is 5.12. The number of pyridine rings is 1. The van der Waals surface area contributed by atoms with Crippen molar-refractivity contribution in [3.8, 4) is 0 Å². The summed E-state index contributed by atoms with van der Waals surface area (Å²) < 4.78 is 6.18. The number of carbonyl (C=O) groups is 2. The zero-order chi connectivity index (χ0) is 26.3. The van der Waals surface area contributed by atoms with Gasteiger partial charge in [-0.3, -0.25) is 9.59 Å². The lowest BCUT2D eigenvalue weighted by Gasteiger charge is -2.36. The Morgan fingerprint density at radius 3 is 2.00 bits per heavy atom. The van der Waals surface area contributed by atoms with Gasteiger partial charge in [0.2, 0.25) is 0 Å². The number of rotatable bonds is 9. The lowest BCUT2D eigenvalue weighted by Crippen LogP contribution is -2.41. The number of carbonyl (C=O) groups excluding carboxylic acids is 2. The second kappa shape index (κ2) is 11.4. The Balaban J connectivity index is 1.57. The molecule has 0 aliphatic rings. The van der Waals surface area contributed by atoms with Crippen LogP contribution in [0.3, 0.4) is 0 Å². The molecule has 0 aliphatic carbocycles. The monoisotopic (exact) mass is 506 g/mol. The van der Waals surface area contributed by atoms with Crippen LogP contribution in [0.1, 0.15) is 47.3 Å². The number of hydrogen-bond donors (Lipinski definition) is 3. The van der Waals surface area contributed by atoms with Gasteiger partial charge in [0, 0.05) is 36.5 Å². The van der Waals surface area contributed by atoms with Crippen molar-refractivity contribution in [1.82, 2.24) is 15.0 Å². The van der Waals surface area contributed by atoms with Crippen LogP contribution >= 0.6 is 0 Å². The normalized spacial score (nSPS) is 11.6. The SMILES string of the molecule is Cc1ccc(NC(=O)c2nccnc2C(=O)Nc2ccc(NCCO[Si](C)(C)C(C)(C)C)cc2)nc1. The van der Waals surface area contributed by atoms with Gasteiger partial charge in [-0.15, -0.1) is 0 Å². The fourth-order valence-electron chi connectivity index (χ4n) is 2.97. The molecule has 9 nitrogen and oxygen atoms in total. The first-order chi connectivity index (χ1) is 17.0. The quantitative estimate of drug-likeness (QED) is 0.272. The third kappa shape index (κ3) is 7.19. The van der Waals surface area contributed by atoms with Crippen molar-refractivity contribution in [2.75, 3.05) is 29.1 Å². The number of amides is 2. The van der Waals surface area contributed by atoms with Gasteiger partial charge in [0.15, 0.2) is 19.7 Å². The summed E-state index contributed by atoms with van der Waals surface area (Å²) in [5, 5.41) is 8.93. The molecular formula is C26H34N6O3Si. The molecule has 190 valence electrons. The number of nitrogens with one attached hydrogen (secondary N) is 3. The van der Waals surface area contributed by atoms with E-state index < -0.39 is 20.1 Å². The van der Waals surface area contributed by atoms with E-state index in [9.17, 15) is 9.59 Å². The predicted molar refractivity (Wildman–Crippen MR) is 145 cm³/mol. The molecule has 0 bridgehead atoms. The highest BCUT2D eigenvalue weighted by Crippen LogP contribution is 2.36. The summed E-state index contributed by atoms with van der Waals surface area (Å²) in [6.07, 6.45) is 4.37. The minimum Gasteiger partial charge on any atom is -0.415 e. The van der Waals surface area contributed by atoms with Gasteiger partial charge < -0.3 is 20.4 Å². The molecule has 0 saturated heterocycles. The van der Waals surface area contributed by atoms with E-state index in [-0.39, 0.29) is 16.4 Å². The van der Waals surface area contributed by atoms with Crippen molar-refractivity contribution < 1.29 is 14.0 Å². The third-order valence-corrected chi connectivity index (χ3v) is 10.7. The van der Waals surface area contributed by atoms with E-state index in [1.807, 2.05) is 25.1 Å². The average molecular weight is 507 g/mol. The molecule has 2 amide bonds. The van der Waals surface area contributed by atoms with Crippen molar-refractivity contribution in [1.29, 1.82) is 0 Å². The zero-order valence-electron chi connectivity index (χ0n) is 21.7. The van der Waals surface area contributed by atoms with Crippen molar-refractivity contribution in [3.63, 3.8) is 0 Å². The molecule has 2 aromatic heterocycles. The molecule has 36 heavy (non-hydrogen) atoms. The highest BCUT2D eigenvalue weighted by Gasteiger charge is 2.36. The van der Waals surface area contributed by atoms with Crippen molar-refractivity contribution in [2.24, 2.45) is 0 Å². The van der Waals surface area contributed by atoms with Crippen LogP contribution in [0.15, 0.2) is 55.0 Å². The van der Waals surface area contributed by atoms with E-state index >= 15 is 0 Å². The molecule has 0 spiro atoms. The number of hydrogen-bond acceptors (Lipinski definition) is 7. The van der Waals surface area contributed by atoms with E-state index in [4.69, 9.17) is 4.43 Å². The van der Waals surface area contributed by atoms with Gasteiger partial charge >= 0.3 is 0 Å². The van der Waals surface area contributed by atoms with Crippen LogP contribution in [-0.2, 0) is 4.43 Å². The molecule has 3 N–H and O–H groups in total.